The Morgan fingerprint density at radius 2 is 1.79 bits per heavy atom. The highest BCUT2D eigenvalue weighted by molar-refractivity contribution is 5.96. The first-order valence-corrected chi connectivity index (χ1v) is 9.15. The van der Waals surface area contributed by atoms with Gasteiger partial charge in [0, 0.05) is 24.5 Å². The van der Waals surface area contributed by atoms with Crippen LogP contribution < -0.4 is 9.47 Å². The van der Waals surface area contributed by atoms with Gasteiger partial charge in [0.15, 0.2) is 17.3 Å². The van der Waals surface area contributed by atoms with Crippen LogP contribution in [-0.2, 0) is 9.53 Å². The zero-order valence-electron chi connectivity index (χ0n) is 15.4. The first-order chi connectivity index (χ1) is 13.6. The molecule has 28 heavy (non-hydrogen) atoms. The molecule has 1 heterocycles. The number of halogens is 1. The monoisotopic (exact) mass is 384 g/mol. The molecule has 5 nitrogen and oxygen atoms in total. The highest BCUT2D eigenvalue weighted by atomic mass is 19.1. The van der Waals surface area contributed by atoms with Gasteiger partial charge in [-0.2, -0.15) is 0 Å². The van der Waals surface area contributed by atoms with E-state index in [1.165, 1.54) is 30.3 Å². The first kappa shape index (κ1) is 19.6. The smallest absolute Gasteiger partial charge is 0.330 e. The average molecular weight is 384 g/mol. The zero-order valence-corrected chi connectivity index (χ0v) is 15.4. The van der Waals surface area contributed by atoms with Crippen molar-refractivity contribution >= 4 is 17.8 Å². The summed E-state index contributed by atoms with van der Waals surface area (Å²) in [5.41, 5.74) is 1.25. The number of esters is 1. The largest absolute Gasteiger partial charge is 0.490 e. The van der Waals surface area contributed by atoms with Crippen molar-refractivity contribution in [1.82, 2.24) is 0 Å². The fraction of sp³-hybridized carbons (Fsp3) is 0.273. The predicted octanol–water partition coefficient (Wildman–Crippen LogP) is 4.21. The van der Waals surface area contributed by atoms with E-state index in [4.69, 9.17) is 14.2 Å². The maximum Gasteiger partial charge on any atom is 0.330 e. The summed E-state index contributed by atoms with van der Waals surface area (Å²) in [5, 5.41) is 0. The van der Waals surface area contributed by atoms with Crippen LogP contribution in [0.4, 0.5) is 4.39 Å². The Morgan fingerprint density at radius 1 is 1.04 bits per heavy atom. The molecular weight excluding hydrogens is 363 g/mol. The van der Waals surface area contributed by atoms with Gasteiger partial charge < -0.3 is 14.2 Å². The Labute approximate surface area is 162 Å². The Balaban J connectivity index is 1.42. The molecule has 0 saturated heterocycles. The lowest BCUT2D eigenvalue weighted by Gasteiger charge is -2.07. The van der Waals surface area contributed by atoms with E-state index in [0.29, 0.717) is 36.7 Å². The second-order valence-electron chi connectivity index (χ2n) is 6.29. The van der Waals surface area contributed by atoms with Gasteiger partial charge in [-0.05, 0) is 54.5 Å². The van der Waals surface area contributed by atoms with Crippen molar-refractivity contribution < 1.29 is 28.2 Å². The Bertz CT molecular complexity index is 858. The second kappa shape index (κ2) is 9.69. The maximum atomic E-state index is 12.9. The predicted molar refractivity (Wildman–Crippen MR) is 102 cm³/mol. The number of ether oxygens (including phenoxy) is 3. The lowest BCUT2D eigenvalue weighted by Crippen LogP contribution is -2.05. The van der Waals surface area contributed by atoms with Crippen LogP contribution in [0.3, 0.4) is 0 Å². The molecule has 0 N–H and O–H groups in total. The number of carbonyl (C=O) groups excluding carboxylic acids is 2. The van der Waals surface area contributed by atoms with Crippen LogP contribution in [0.15, 0.2) is 48.5 Å². The van der Waals surface area contributed by atoms with Crippen molar-refractivity contribution in [1.29, 1.82) is 0 Å². The fourth-order valence-electron chi connectivity index (χ4n) is 2.68. The van der Waals surface area contributed by atoms with Gasteiger partial charge >= 0.3 is 5.97 Å². The number of hydrogen-bond acceptors (Lipinski definition) is 5. The minimum absolute atomic E-state index is 0.112. The third-order valence-electron chi connectivity index (χ3n) is 4.14. The number of fused-ring (bicyclic) bond motifs is 1. The fourth-order valence-corrected chi connectivity index (χ4v) is 2.68. The molecule has 0 amide bonds. The maximum absolute atomic E-state index is 12.9. The van der Waals surface area contributed by atoms with Crippen molar-refractivity contribution in [2.75, 3.05) is 19.8 Å². The summed E-state index contributed by atoms with van der Waals surface area (Å²) < 4.78 is 29.1. The molecule has 0 radical (unpaired) electrons. The summed E-state index contributed by atoms with van der Waals surface area (Å²) in [5.74, 6) is 0.376. The standard InChI is InChI=1S/C22H21FO5/c23-18-8-6-17(7-9-18)19(24)3-1-12-28-22(25)11-5-16-4-10-20-21(15-16)27-14-2-13-26-20/h4-11,15H,1-3,12-14H2/b11-5+. The van der Waals surface area contributed by atoms with Crippen LogP contribution in [0.1, 0.15) is 35.2 Å². The van der Waals surface area contributed by atoms with Crippen LogP contribution >= 0.6 is 0 Å². The molecule has 1 aliphatic rings. The van der Waals surface area contributed by atoms with Crippen molar-refractivity contribution in [3.8, 4) is 11.5 Å². The lowest BCUT2D eigenvalue weighted by atomic mass is 10.1. The summed E-state index contributed by atoms with van der Waals surface area (Å²) in [6.45, 7) is 1.36. The van der Waals surface area contributed by atoms with Crippen molar-refractivity contribution in [3.63, 3.8) is 0 Å². The molecule has 1 aliphatic heterocycles. The van der Waals surface area contributed by atoms with E-state index in [-0.39, 0.29) is 24.6 Å². The van der Waals surface area contributed by atoms with Gasteiger partial charge in [-0.1, -0.05) is 6.07 Å². The van der Waals surface area contributed by atoms with Gasteiger partial charge in [-0.15, -0.1) is 0 Å². The number of Topliss-reactive ketones (excluding diaryl/α,β-unsaturated/α-hetero) is 1. The van der Waals surface area contributed by atoms with Gasteiger partial charge in [0.1, 0.15) is 5.82 Å². The number of carbonyl (C=O) groups is 2. The van der Waals surface area contributed by atoms with Crippen molar-refractivity contribution in [2.24, 2.45) is 0 Å². The average Bonchev–Trinajstić information content (AvgIpc) is 2.95. The topological polar surface area (TPSA) is 61.8 Å². The van der Waals surface area contributed by atoms with E-state index in [9.17, 15) is 14.0 Å². The summed E-state index contributed by atoms with van der Waals surface area (Å²) in [4.78, 5) is 23.8. The molecule has 0 bridgehead atoms. The molecule has 0 atom stereocenters. The molecule has 2 aromatic carbocycles. The SMILES string of the molecule is O=C(/C=C/c1ccc2c(c1)OCCCO2)OCCCC(=O)c1ccc(F)cc1. The minimum atomic E-state index is -0.485. The van der Waals surface area contributed by atoms with E-state index >= 15 is 0 Å². The normalized spacial score (nSPS) is 13.2. The number of rotatable bonds is 7. The van der Waals surface area contributed by atoms with E-state index < -0.39 is 5.97 Å². The van der Waals surface area contributed by atoms with Crippen LogP contribution in [0.25, 0.3) is 6.08 Å². The zero-order chi connectivity index (χ0) is 19.8. The third-order valence-corrected chi connectivity index (χ3v) is 4.14. The highest BCUT2D eigenvalue weighted by Crippen LogP contribution is 2.30. The van der Waals surface area contributed by atoms with Gasteiger partial charge in [-0.25, -0.2) is 9.18 Å². The molecule has 0 spiro atoms. The van der Waals surface area contributed by atoms with E-state index in [1.807, 2.05) is 18.2 Å². The molecule has 2 aromatic rings. The Morgan fingerprint density at radius 3 is 2.57 bits per heavy atom. The van der Waals surface area contributed by atoms with E-state index in [1.54, 1.807) is 6.08 Å². The van der Waals surface area contributed by atoms with Crippen LogP contribution in [0.5, 0.6) is 11.5 Å². The summed E-state index contributed by atoms with van der Waals surface area (Å²) in [6.07, 6.45) is 4.43. The van der Waals surface area contributed by atoms with Gasteiger partial charge in [0.2, 0.25) is 0 Å². The van der Waals surface area contributed by atoms with Gasteiger partial charge in [-0.3, -0.25) is 4.79 Å². The number of benzene rings is 2. The van der Waals surface area contributed by atoms with Gasteiger partial charge in [0.25, 0.3) is 0 Å². The molecule has 0 aliphatic carbocycles. The Kier molecular flexibility index (Phi) is 6.78. The van der Waals surface area contributed by atoms with Crippen molar-refractivity contribution in [3.05, 3.63) is 65.5 Å². The molecular formula is C22H21FO5. The van der Waals surface area contributed by atoms with Crippen molar-refractivity contribution in [2.45, 2.75) is 19.3 Å². The van der Waals surface area contributed by atoms with E-state index in [2.05, 4.69) is 0 Å². The Hall–Kier alpha value is -3.15. The molecule has 0 aromatic heterocycles. The number of ketones is 1. The quantitative estimate of drug-likeness (QED) is 0.310. The first-order valence-electron chi connectivity index (χ1n) is 9.15. The molecule has 0 saturated carbocycles. The second-order valence-corrected chi connectivity index (χ2v) is 6.29. The molecule has 6 heteroatoms. The molecule has 0 fully saturated rings. The molecule has 146 valence electrons. The van der Waals surface area contributed by atoms with Crippen LogP contribution in [0, 0.1) is 5.82 Å². The summed E-state index contributed by atoms with van der Waals surface area (Å²) in [6, 6.07) is 10.8. The molecule has 3 rings (SSSR count). The summed E-state index contributed by atoms with van der Waals surface area (Å²) in [7, 11) is 0. The van der Waals surface area contributed by atoms with E-state index in [0.717, 1.165) is 12.0 Å². The third kappa shape index (κ3) is 5.67. The lowest BCUT2D eigenvalue weighted by molar-refractivity contribution is -0.137. The summed E-state index contributed by atoms with van der Waals surface area (Å²) >= 11 is 0. The highest BCUT2D eigenvalue weighted by Gasteiger charge is 2.10. The van der Waals surface area contributed by atoms with Crippen LogP contribution in [-0.4, -0.2) is 31.6 Å². The van der Waals surface area contributed by atoms with Gasteiger partial charge in [0.05, 0.1) is 19.8 Å². The van der Waals surface area contributed by atoms with Crippen LogP contribution in [0.2, 0.25) is 0 Å². The number of hydrogen-bond donors (Lipinski definition) is 0. The minimum Gasteiger partial charge on any atom is -0.490 e. The molecule has 0 unspecified atom stereocenters.